The van der Waals surface area contributed by atoms with Crippen LogP contribution < -0.4 is 11.1 Å². The highest BCUT2D eigenvalue weighted by atomic mass is 32.1. The van der Waals surface area contributed by atoms with E-state index in [-0.39, 0.29) is 5.91 Å². The Morgan fingerprint density at radius 3 is 3.06 bits per heavy atom. The predicted molar refractivity (Wildman–Crippen MR) is 63.9 cm³/mol. The van der Waals surface area contributed by atoms with E-state index >= 15 is 0 Å². The van der Waals surface area contributed by atoms with Crippen LogP contribution in [0.3, 0.4) is 0 Å². The SMILES string of the molecule is O=C(CCS)Nc1ccc2[nH]c(=O)oc2c1. The van der Waals surface area contributed by atoms with Gasteiger partial charge in [0, 0.05) is 18.2 Å². The number of carbonyl (C=O) groups excluding carboxylic acids is 1. The highest BCUT2D eigenvalue weighted by Gasteiger charge is 2.04. The van der Waals surface area contributed by atoms with Crippen molar-refractivity contribution < 1.29 is 9.21 Å². The van der Waals surface area contributed by atoms with Crippen molar-refractivity contribution in [2.24, 2.45) is 0 Å². The van der Waals surface area contributed by atoms with E-state index in [2.05, 4.69) is 22.9 Å². The first-order chi connectivity index (χ1) is 7.69. The van der Waals surface area contributed by atoms with Gasteiger partial charge in [0.05, 0.1) is 5.52 Å². The molecule has 1 heterocycles. The quantitative estimate of drug-likeness (QED) is 0.707. The zero-order chi connectivity index (χ0) is 11.5. The highest BCUT2D eigenvalue weighted by Crippen LogP contribution is 2.16. The minimum atomic E-state index is -0.506. The summed E-state index contributed by atoms with van der Waals surface area (Å²) in [6.45, 7) is 0. The number of nitrogens with one attached hydrogen (secondary N) is 2. The molecule has 2 aromatic rings. The number of oxazole rings is 1. The molecular formula is C10H10N2O3S. The normalized spacial score (nSPS) is 10.6. The van der Waals surface area contributed by atoms with Gasteiger partial charge in [-0.15, -0.1) is 0 Å². The molecule has 0 aliphatic carbocycles. The van der Waals surface area contributed by atoms with Crippen LogP contribution in [0.2, 0.25) is 0 Å². The molecule has 1 aromatic carbocycles. The maximum atomic E-state index is 11.3. The Kier molecular flexibility index (Phi) is 3.00. The number of carbonyl (C=O) groups is 1. The molecule has 0 spiro atoms. The largest absolute Gasteiger partial charge is 0.417 e. The lowest BCUT2D eigenvalue weighted by atomic mass is 10.3. The second kappa shape index (κ2) is 4.44. The highest BCUT2D eigenvalue weighted by molar-refractivity contribution is 7.80. The number of fused-ring (bicyclic) bond motifs is 1. The summed E-state index contributed by atoms with van der Waals surface area (Å²) in [5, 5.41) is 2.68. The van der Waals surface area contributed by atoms with Crippen molar-refractivity contribution in [3.8, 4) is 0 Å². The minimum Gasteiger partial charge on any atom is -0.408 e. The zero-order valence-corrected chi connectivity index (χ0v) is 9.21. The molecule has 0 saturated carbocycles. The van der Waals surface area contributed by atoms with Gasteiger partial charge in [0.1, 0.15) is 0 Å². The first kappa shape index (κ1) is 10.8. The van der Waals surface area contributed by atoms with E-state index in [1.807, 2.05) is 0 Å². The summed E-state index contributed by atoms with van der Waals surface area (Å²) < 4.78 is 4.87. The van der Waals surface area contributed by atoms with Gasteiger partial charge in [-0.25, -0.2) is 4.79 Å². The molecule has 1 aromatic heterocycles. The molecule has 84 valence electrons. The van der Waals surface area contributed by atoms with Gasteiger partial charge in [0.25, 0.3) is 0 Å². The Bertz CT molecular complexity index is 573. The standard InChI is InChI=1S/C10H10N2O3S/c13-9(3-4-16)11-6-1-2-7-8(5-6)15-10(14)12-7/h1-2,5,16H,3-4H2,(H,11,13)(H,12,14). The van der Waals surface area contributed by atoms with Gasteiger partial charge in [0.2, 0.25) is 5.91 Å². The Morgan fingerprint density at radius 2 is 2.31 bits per heavy atom. The van der Waals surface area contributed by atoms with Crippen LogP contribution in [0.15, 0.2) is 27.4 Å². The van der Waals surface area contributed by atoms with Gasteiger partial charge >= 0.3 is 5.76 Å². The molecule has 16 heavy (non-hydrogen) atoms. The summed E-state index contributed by atoms with van der Waals surface area (Å²) in [5.74, 6) is -0.131. The summed E-state index contributed by atoms with van der Waals surface area (Å²) in [6, 6.07) is 4.98. The fourth-order valence-corrected chi connectivity index (χ4v) is 1.55. The molecule has 0 saturated heterocycles. The number of rotatable bonds is 3. The maximum Gasteiger partial charge on any atom is 0.417 e. The number of aromatic amines is 1. The molecule has 0 radical (unpaired) electrons. The smallest absolute Gasteiger partial charge is 0.408 e. The number of thiol groups is 1. The van der Waals surface area contributed by atoms with Crippen LogP contribution in [0.1, 0.15) is 6.42 Å². The van der Waals surface area contributed by atoms with E-state index < -0.39 is 5.76 Å². The fraction of sp³-hybridized carbons (Fsp3) is 0.200. The second-order valence-electron chi connectivity index (χ2n) is 3.25. The van der Waals surface area contributed by atoms with Crippen LogP contribution in [0.25, 0.3) is 11.1 Å². The topological polar surface area (TPSA) is 75.1 Å². The minimum absolute atomic E-state index is 0.118. The average molecular weight is 238 g/mol. The molecule has 0 atom stereocenters. The Hall–Kier alpha value is -1.69. The summed E-state index contributed by atoms with van der Waals surface area (Å²) >= 11 is 3.96. The van der Waals surface area contributed by atoms with Crippen molar-refractivity contribution in [1.82, 2.24) is 4.98 Å². The molecular weight excluding hydrogens is 228 g/mol. The fourth-order valence-electron chi connectivity index (χ4n) is 1.35. The van der Waals surface area contributed by atoms with Crippen molar-refractivity contribution in [3.63, 3.8) is 0 Å². The number of benzene rings is 1. The molecule has 0 aliphatic rings. The van der Waals surface area contributed by atoms with Crippen molar-refractivity contribution in [2.75, 3.05) is 11.1 Å². The first-order valence-electron chi connectivity index (χ1n) is 4.72. The van der Waals surface area contributed by atoms with E-state index in [0.29, 0.717) is 29.0 Å². The first-order valence-corrected chi connectivity index (χ1v) is 5.36. The van der Waals surface area contributed by atoms with E-state index in [1.165, 1.54) is 0 Å². The molecule has 1 amide bonds. The average Bonchev–Trinajstić information content (AvgIpc) is 2.57. The zero-order valence-electron chi connectivity index (χ0n) is 8.32. The summed E-state index contributed by atoms with van der Waals surface area (Å²) in [7, 11) is 0. The number of amides is 1. The monoisotopic (exact) mass is 238 g/mol. The molecule has 2 N–H and O–H groups in total. The molecule has 5 nitrogen and oxygen atoms in total. The maximum absolute atomic E-state index is 11.3. The lowest BCUT2D eigenvalue weighted by Crippen LogP contribution is -2.11. The van der Waals surface area contributed by atoms with Gasteiger partial charge in [-0.3, -0.25) is 9.78 Å². The number of H-pyrrole nitrogens is 1. The molecule has 6 heteroatoms. The molecule has 0 unspecified atom stereocenters. The van der Waals surface area contributed by atoms with Crippen molar-refractivity contribution >= 4 is 35.3 Å². The van der Waals surface area contributed by atoms with Crippen LogP contribution in [-0.2, 0) is 4.79 Å². The van der Waals surface area contributed by atoms with Crippen molar-refractivity contribution in [3.05, 3.63) is 28.7 Å². The lowest BCUT2D eigenvalue weighted by Gasteiger charge is -2.02. The second-order valence-corrected chi connectivity index (χ2v) is 3.69. The van der Waals surface area contributed by atoms with Crippen LogP contribution in [-0.4, -0.2) is 16.6 Å². The Labute approximate surface area is 96.2 Å². The molecule has 0 bridgehead atoms. The van der Waals surface area contributed by atoms with Gasteiger partial charge in [0.15, 0.2) is 5.58 Å². The summed E-state index contributed by atoms with van der Waals surface area (Å²) in [6.07, 6.45) is 0.345. The van der Waals surface area contributed by atoms with E-state index in [9.17, 15) is 9.59 Å². The van der Waals surface area contributed by atoms with Crippen LogP contribution in [0, 0.1) is 0 Å². The van der Waals surface area contributed by atoms with Gasteiger partial charge in [-0.1, -0.05) is 0 Å². The van der Waals surface area contributed by atoms with Gasteiger partial charge < -0.3 is 9.73 Å². The third-order valence-corrected chi connectivity index (χ3v) is 2.27. The molecule has 0 aliphatic heterocycles. The number of hydrogen-bond donors (Lipinski definition) is 3. The number of anilines is 1. The Balaban J connectivity index is 2.25. The summed E-state index contributed by atoms with van der Waals surface area (Å²) in [5.41, 5.74) is 1.63. The third-order valence-electron chi connectivity index (χ3n) is 2.04. The lowest BCUT2D eigenvalue weighted by molar-refractivity contribution is -0.115. The third kappa shape index (κ3) is 2.27. The van der Waals surface area contributed by atoms with Crippen LogP contribution in [0.4, 0.5) is 5.69 Å². The van der Waals surface area contributed by atoms with E-state index in [4.69, 9.17) is 4.42 Å². The van der Waals surface area contributed by atoms with Crippen molar-refractivity contribution in [1.29, 1.82) is 0 Å². The van der Waals surface area contributed by atoms with Crippen LogP contribution >= 0.6 is 12.6 Å². The number of hydrogen-bond acceptors (Lipinski definition) is 4. The Morgan fingerprint density at radius 1 is 1.50 bits per heavy atom. The molecule has 2 rings (SSSR count). The van der Waals surface area contributed by atoms with Gasteiger partial charge in [-0.05, 0) is 17.9 Å². The van der Waals surface area contributed by atoms with E-state index in [0.717, 1.165) is 0 Å². The number of aromatic nitrogens is 1. The van der Waals surface area contributed by atoms with Gasteiger partial charge in [-0.2, -0.15) is 12.6 Å². The predicted octanol–water partition coefficient (Wildman–Crippen LogP) is 1.38. The van der Waals surface area contributed by atoms with Crippen LogP contribution in [0.5, 0.6) is 0 Å². The molecule has 0 fully saturated rings. The van der Waals surface area contributed by atoms with E-state index in [1.54, 1.807) is 18.2 Å². The van der Waals surface area contributed by atoms with Crippen molar-refractivity contribution in [2.45, 2.75) is 6.42 Å². The summed E-state index contributed by atoms with van der Waals surface area (Å²) in [4.78, 5) is 24.7.